The van der Waals surface area contributed by atoms with Crippen molar-refractivity contribution in [3.63, 3.8) is 0 Å². The van der Waals surface area contributed by atoms with Crippen LogP contribution >= 0.6 is 0 Å². The molecule has 0 saturated heterocycles. The van der Waals surface area contributed by atoms with Crippen molar-refractivity contribution in [1.29, 1.82) is 0 Å². The van der Waals surface area contributed by atoms with Crippen LogP contribution in [0, 0.1) is 0 Å². The Morgan fingerprint density at radius 3 is 1.77 bits per heavy atom. The number of hydrogen-bond acceptors (Lipinski definition) is 7. The Bertz CT molecular complexity index is 1040. The lowest BCUT2D eigenvalue weighted by atomic mass is 10.2. The number of alkyl halides is 11. The van der Waals surface area contributed by atoms with E-state index in [9.17, 15) is 53.4 Å². The highest BCUT2D eigenvalue weighted by molar-refractivity contribution is 5.56. The summed E-state index contributed by atoms with van der Waals surface area (Å²) in [6.45, 7) is -2.36. The van der Waals surface area contributed by atoms with Gasteiger partial charge in [0.2, 0.25) is 0 Å². The molecule has 0 amide bonds. The van der Waals surface area contributed by atoms with Crippen LogP contribution in [0.25, 0.3) is 11.4 Å². The molecule has 2 rings (SSSR count). The number of halogens is 11. The monoisotopic (exact) mass is 588 g/mol. The minimum atomic E-state index is -6.84. The highest BCUT2D eigenvalue weighted by Gasteiger charge is 2.72. The molecule has 0 aliphatic rings. The zero-order chi connectivity index (χ0) is 29.5. The molecule has 1 aromatic carbocycles. The quantitative estimate of drug-likeness (QED) is 0.191. The van der Waals surface area contributed by atoms with Crippen molar-refractivity contribution in [3.8, 4) is 22.9 Å². The summed E-state index contributed by atoms with van der Waals surface area (Å²) in [5, 5.41) is 9.19. The van der Waals surface area contributed by atoms with Crippen LogP contribution in [-0.4, -0.2) is 65.5 Å². The average Bonchev–Trinajstić information content (AvgIpc) is 2.79. The fraction of sp³-hybridized carbons (Fsp3) is 0.524. The highest BCUT2D eigenvalue weighted by atomic mass is 19.4. The van der Waals surface area contributed by atoms with Crippen molar-refractivity contribution in [1.82, 2.24) is 9.97 Å². The fourth-order valence-electron chi connectivity index (χ4n) is 2.59. The molecule has 7 nitrogen and oxygen atoms in total. The third kappa shape index (κ3) is 9.61. The van der Waals surface area contributed by atoms with Gasteiger partial charge in [-0.25, -0.2) is 19.4 Å². The van der Waals surface area contributed by atoms with Gasteiger partial charge in [0, 0.05) is 12.2 Å². The number of nitrogens with zero attached hydrogens (tertiary/aromatic N) is 2. The minimum Gasteiger partial charge on any atom is -0.505 e. The Hall–Kier alpha value is -2.99. The molecule has 0 fully saturated rings. The van der Waals surface area contributed by atoms with Crippen LogP contribution in [0.15, 0.2) is 36.7 Å². The summed E-state index contributed by atoms with van der Waals surface area (Å²) in [4.78, 5) is 7.89. The molecule has 1 aromatic heterocycles. The number of aromatic hydroxyl groups is 1. The van der Waals surface area contributed by atoms with E-state index in [0.717, 1.165) is 0 Å². The van der Waals surface area contributed by atoms with Gasteiger partial charge < -0.3 is 14.6 Å². The first-order chi connectivity index (χ1) is 17.9. The molecule has 18 heteroatoms. The summed E-state index contributed by atoms with van der Waals surface area (Å²) < 4.78 is 154. The lowest BCUT2D eigenvalue weighted by Gasteiger charge is -2.31. The van der Waals surface area contributed by atoms with Gasteiger partial charge >= 0.3 is 30.6 Å². The van der Waals surface area contributed by atoms with Crippen molar-refractivity contribution in [2.75, 3.05) is 19.8 Å². The number of hydrogen-bond donors (Lipinski definition) is 1. The van der Waals surface area contributed by atoms with Crippen molar-refractivity contribution >= 4 is 0 Å². The van der Waals surface area contributed by atoms with Gasteiger partial charge in [-0.3, -0.25) is 0 Å². The lowest BCUT2D eigenvalue weighted by Crippen LogP contribution is -2.55. The molecule has 0 bridgehead atoms. The molecule has 1 heterocycles. The molecule has 0 aliphatic carbocycles. The number of ether oxygens (including phenoxy) is 4. The summed E-state index contributed by atoms with van der Waals surface area (Å²) in [6.07, 6.45) is -29.0. The summed E-state index contributed by atoms with van der Waals surface area (Å²) in [6, 6.07) is 6.55. The van der Waals surface area contributed by atoms with E-state index in [1.165, 1.54) is 12.4 Å². The van der Waals surface area contributed by atoms with E-state index in [4.69, 9.17) is 4.74 Å². The Morgan fingerprint density at radius 2 is 1.21 bits per heavy atom. The Morgan fingerprint density at radius 1 is 0.667 bits per heavy atom. The second-order valence-electron chi connectivity index (χ2n) is 7.64. The van der Waals surface area contributed by atoms with Gasteiger partial charge in [-0.2, -0.15) is 48.3 Å². The second-order valence-corrected chi connectivity index (χ2v) is 7.64. The van der Waals surface area contributed by atoms with Crippen molar-refractivity contribution < 1.29 is 72.3 Å². The van der Waals surface area contributed by atoms with Crippen LogP contribution in [0.1, 0.15) is 19.3 Å². The zero-order valence-electron chi connectivity index (χ0n) is 19.3. The van der Waals surface area contributed by atoms with Crippen LogP contribution in [0.5, 0.6) is 11.5 Å². The Labute approximate surface area is 212 Å². The first-order valence-corrected chi connectivity index (χ1v) is 10.7. The largest absolute Gasteiger partial charge is 0.505 e. The van der Waals surface area contributed by atoms with E-state index in [-0.39, 0.29) is 18.8 Å². The molecule has 0 spiro atoms. The maximum Gasteiger partial charge on any atom is 0.483 e. The van der Waals surface area contributed by atoms with Crippen LogP contribution < -0.4 is 4.74 Å². The first-order valence-electron chi connectivity index (χ1n) is 10.7. The molecule has 0 aliphatic heterocycles. The zero-order valence-corrected chi connectivity index (χ0v) is 19.3. The Kier molecular flexibility index (Phi) is 10.3. The number of rotatable bonds is 15. The molecule has 0 atom stereocenters. The average molecular weight is 588 g/mol. The normalized spacial score (nSPS) is 13.5. The SMILES string of the molecule is Oc1cnc(-c2ccc(OCCCCCOCC(F)(F)OC(F)(F)C(F)(F)OC(F)(F)C(F)(F)F)cc2)nc1. The molecule has 0 radical (unpaired) electrons. The van der Waals surface area contributed by atoms with Crippen LogP contribution in [0.4, 0.5) is 48.3 Å². The van der Waals surface area contributed by atoms with Crippen molar-refractivity contribution in [2.45, 2.75) is 49.9 Å². The minimum absolute atomic E-state index is 0.0735. The van der Waals surface area contributed by atoms with Crippen molar-refractivity contribution in [3.05, 3.63) is 36.7 Å². The smallest absolute Gasteiger partial charge is 0.483 e. The van der Waals surface area contributed by atoms with Crippen LogP contribution in [0.2, 0.25) is 0 Å². The highest BCUT2D eigenvalue weighted by Crippen LogP contribution is 2.47. The van der Waals surface area contributed by atoms with Gasteiger partial charge in [-0.15, -0.1) is 0 Å². The summed E-state index contributed by atoms with van der Waals surface area (Å²) >= 11 is 0. The maximum atomic E-state index is 13.4. The topological polar surface area (TPSA) is 82.9 Å². The summed E-state index contributed by atoms with van der Waals surface area (Å²) in [5.74, 6) is 0.741. The van der Waals surface area contributed by atoms with Gasteiger partial charge in [-0.1, -0.05) is 0 Å². The molecular formula is C21H19F11N2O5. The van der Waals surface area contributed by atoms with Gasteiger partial charge in [-0.05, 0) is 43.5 Å². The standard InChI is InChI=1S/C21H19F11N2O5/c22-17(23,38-20(29,30)21(31,32)39-19(27,28)18(24,25)26)12-36-8-2-1-3-9-37-15-6-4-13(5-7-15)16-33-10-14(35)11-34-16/h4-7,10-11,35H,1-3,8-9,12H2. The van der Waals surface area contributed by atoms with Crippen LogP contribution in [0.3, 0.4) is 0 Å². The molecule has 2 aromatic rings. The molecule has 220 valence electrons. The summed E-state index contributed by atoms with van der Waals surface area (Å²) in [5.41, 5.74) is 0.647. The number of unbranched alkanes of at least 4 members (excludes halogenated alkanes) is 2. The maximum absolute atomic E-state index is 13.4. The van der Waals surface area contributed by atoms with E-state index >= 15 is 0 Å². The Balaban J connectivity index is 1.68. The third-order valence-electron chi connectivity index (χ3n) is 4.43. The second kappa shape index (κ2) is 12.5. The van der Waals surface area contributed by atoms with Gasteiger partial charge in [0.1, 0.15) is 12.4 Å². The lowest BCUT2D eigenvalue weighted by molar-refractivity contribution is -0.537. The van der Waals surface area contributed by atoms with Gasteiger partial charge in [0.05, 0.1) is 19.0 Å². The van der Waals surface area contributed by atoms with Crippen LogP contribution in [-0.2, 0) is 14.2 Å². The summed E-state index contributed by atoms with van der Waals surface area (Å²) in [7, 11) is 0. The van der Waals surface area contributed by atoms with E-state index in [2.05, 4.69) is 19.4 Å². The fourth-order valence-corrected chi connectivity index (χ4v) is 2.59. The number of benzene rings is 1. The van der Waals surface area contributed by atoms with Gasteiger partial charge in [0.25, 0.3) is 0 Å². The molecule has 0 saturated carbocycles. The molecule has 1 N–H and O–H groups in total. The van der Waals surface area contributed by atoms with E-state index in [1.807, 2.05) is 0 Å². The number of aromatic nitrogens is 2. The first kappa shape index (κ1) is 32.2. The van der Waals surface area contributed by atoms with E-state index < -0.39 is 43.8 Å². The van der Waals surface area contributed by atoms with E-state index in [0.29, 0.717) is 30.0 Å². The predicted octanol–water partition coefficient (Wildman–Crippen LogP) is 6.38. The van der Waals surface area contributed by atoms with Gasteiger partial charge in [0.15, 0.2) is 11.6 Å². The van der Waals surface area contributed by atoms with E-state index in [1.54, 1.807) is 29.0 Å². The molecule has 0 unspecified atom stereocenters. The third-order valence-corrected chi connectivity index (χ3v) is 4.43. The van der Waals surface area contributed by atoms with Crippen molar-refractivity contribution in [2.24, 2.45) is 0 Å². The molecular weight excluding hydrogens is 569 g/mol. The molecule has 39 heavy (non-hydrogen) atoms. The predicted molar refractivity (Wildman–Crippen MR) is 107 cm³/mol.